The summed E-state index contributed by atoms with van der Waals surface area (Å²) in [6.07, 6.45) is 42.2. The Morgan fingerprint density at radius 2 is 0.881 bits per heavy atom. The lowest BCUT2D eigenvalue weighted by Crippen LogP contribution is -2.14. The molecular weight excluding hydrogens is 520 g/mol. The van der Waals surface area contributed by atoms with E-state index in [1.807, 2.05) is 6.92 Å². The molecule has 0 amide bonds. The van der Waals surface area contributed by atoms with Crippen LogP contribution in [0.25, 0.3) is 0 Å². The molecule has 1 atom stereocenters. The average Bonchev–Trinajstić information content (AvgIpc) is 2.96. The number of allylic oxidation sites excluding steroid dienone is 2. The van der Waals surface area contributed by atoms with Crippen LogP contribution in [0.5, 0.6) is 0 Å². The summed E-state index contributed by atoms with van der Waals surface area (Å²) in [5.74, 6) is -0.696. The Morgan fingerprint density at radius 3 is 1.31 bits per heavy atom. The summed E-state index contributed by atoms with van der Waals surface area (Å²) in [5.41, 5.74) is 0. The number of carbonyl (C=O) groups excluding carboxylic acids is 1. The van der Waals surface area contributed by atoms with E-state index in [0.29, 0.717) is 12.8 Å². The van der Waals surface area contributed by atoms with Gasteiger partial charge in [0.05, 0.1) is 6.10 Å². The van der Waals surface area contributed by atoms with Crippen LogP contribution in [0.2, 0.25) is 0 Å². The number of hydrogen-bond donors (Lipinski definition) is 1. The van der Waals surface area contributed by atoms with Crippen molar-refractivity contribution in [3.8, 4) is 0 Å². The van der Waals surface area contributed by atoms with Crippen molar-refractivity contribution in [2.75, 3.05) is 0 Å². The van der Waals surface area contributed by atoms with Crippen molar-refractivity contribution in [2.45, 2.75) is 219 Å². The minimum absolute atomic E-state index is 0.0151. The van der Waals surface area contributed by atoms with Gasteiger partial charge in [0.1, 0.15) is 0 Å². The molecule has 0 aliphatic carbocycles. The normalized spacial score (nSPS) is 12.2. The Balaban J connectivity index is 3.29. The predicted octanol–water partition coefficient (Wildman–Crippen LogP) is 12.7. The van der Waals surface area contributed by atoms with Crippen molar-refractivity contribution < 1.29 is 19.4 Å². The third-order valence-electron chi connectivity index (χ3n) is 8.48. The molecule has 0 saturated carbocycles. The van der Waals surface area contributed by atoms with Gasteiger partial charge in [-0.1, -0.05) is 154 Å². The number of ether oxygens (including phenoxy) is 1. The maximum atomic E-state index is 12.1. The first-order valence-electron chi connectivity index (χ1n) is 18.6. The highest BCUT2D eigenvalue weighted by atomic mass is 16.5. The second-order valence-electron chi connectivity index (χ2n) is 12.9. The minimum Gasteiger partial charge on any atom is -0.481 e. The SMILES string of the molecule is CCCCCCCC/C=C\CCCCCCCCCCCCCC(=O)OC(C)CCCCCCCCCCCC(=O)O. The molecule has 0 bridgehead atoms. The van der Waals surface area contributed by atoms with E-state index in [1.165, 1.54) is 141 Å². The fraction of sp³-hybridized carbons (Fsp3) is 0.895. The second kappa shape index (κ2) is 34.2. The average molecular weight is 593 g/mol. The highest BCUT2D eigenvalue weighted by Gasteiger charge is 2.09. The highest BCUT2D eigenvalue weighted by Crippen LogP contribution is 2.15. The van der Waals surface area contributed by atoms with E-state index < -0.39 is 5.97 Å². The Morgan fingerprint density at radius 1 is 0.524 bits per heavy atom. The van der Waals surface area contributed by atoms with E-state index in [-0.39, 0.29) is 12.1 Å². The maximum Gasteiger partial charge on any atom is 0.306 e. The lowest BCUT2D eigenvalue weighted by Gasteiger charge is -2.13. The molecule has 0 aliphatic rings. The van der Waals surface area contributed by atoms with Gasteiger partial charge in [-0.15, -0.1) is 0 Å². The third-order valence-corrected chi connectivity index (χ3v) is 8.48. The fourth-order valence-electron chi connectivity index (χ4n) is 5.69. The van der Waals surface area contributed by atoms with Crippen LogP contribution in [0, 0.1) is 0 Å². The maximum absolute atomic E-state index is 12.1. The molecule has 42 heavy (non-hydrogen) atoms. The summed E-state index contributed by atoms with van der Waals surface area (Å²) in [4.78, 5) is 22.6. The van der Waals surface area contributed by atoms with Crippen LogP contribution in [-0.2, 0) is 14.3 Å². The van der Waals surface area contributed by atoms with Gasteiger partial charge >= 0.3 is 11.9 Å². The Kier molecular flexibility index (Phi) is 33.1. The quantitative estimate of drug-likeness (QED) is 0.0458. The van der Waals surface area contributed by atoms with Gasteiger partial charge in [-0.2, -0.15) is 0 Å². The van der Waals surface area contributed by atoms with Gasteiger partial charge in [0.25, 0.3) is 0 Å². The molecule has 0 aromatic heterocycles. The standard InChI is InChI=1S/C38H72O4/c1-3-4-5-6-7-8-9-10-11-12-13-14-15-16-17-18-19-23-26-29-32-35-38(41)42-36(2)33-30-27-24-21-20-22-25-28-31-34-37(39)40/h10-11,36H,3-9,12-35H2,1-2H3,(H,39,40)/b11-10-. The second-order valence-corrected chi connectivity index (χ2v) is 12.9. The van der Waals surface area contributed by atoms with E-state index in [2.05, 4.69) is 19.1 Å². The molecular formula is C38H72O4. The molecule has 1 N–H and O–H groups in total. The first kappa shape index (κ1) is 40.7. The highest BCUT2D eigenvalue weighted by molar-refractivity contribution is 5.69. The van der Waals surface area contributed by atoms with E-state index in [9.17, 15) is 9.59 Å². The van der Waals surface area contributed by atoms with Gasteiger partial charge in [-0.25, -0.2) is 0 Å². The molecule has 0 aliphatic heterocycles. The molecule has 248 valence electrons. The summed E-state index contributed by atoms with van der Waals surface area (Å²) in [6, 6.07) is 0. The first-order valence-corrected chi connectivity index (χ1v) is 18.6. The van der Waals surface area contributed by atoms with Gasteiger partial charge in [0, 0.05) is 12.8 Å². The van der Waals surface area contributed by atoms with Crippen LogP contribution >= 0.6 is 0 Å². The summed E-state index contributed by atoms with van der Waals surface area (Å²) in [7, 11) is 0. The zero-order valence-electron chi connectivity index (χ0n) is 28.3. The summed E-state index contributed by atoms with van der Waals surface area (Å²) in [6.45, 7) is 4.31. The monoisotopic (exact) mass is 593 g/mol. The zero-order valence-corrected chi connectivity index (χ0v) is 28.3. The van der Waals surface area contributed by atoms with E-state index in [4.69, 9.17) is 9.84 Å². The molecule has 0 aromatic carbocycles. The Hall–Kier alpha value is -1.32. The predicted molar refractivity (Wildman–Crippen MR) is 181 cm³/mol. The van der Waals surface area contributed by atoms with Crippen LogP contribution in [0.3, 0.4) is 0 Å². The number of aliphatic carboxylic acids is 1. The van der Waals surface area contributed by atoms with Gasteiger partial charge in [-0.3, -0.25) is 9.59 Å². The molecule has 0 radical (unpaired) electrons. The molecule has 0 aromatic rings. The number of unbranched alkanes of at least 4 members (excludes halogenated alkanes) is 25. The van der Waals surface area contributed by atoms with Crippen molar-refractivity contribution in [1.82, 2.24) is 0 Å². The smallest absolute Gasteiger partial charge is 0.306 e. The van der Waals surface area contributed by atoms with Crippen LogP contribution in [0.1, 0.15) is 213 Å². The topological polar surface area (TPSA) is 63.6 Å². The lowest BCUT2D eigenvalue weighted by molar-refractivity contribution is -0.148. The molecule has 4 heteroatoms. The molecule has 0 heterocycles. The first-order chi connectivity index (χ1) is 20.6. The van der Waals surface area contributed by atoms with Gasteiger partial charge in [0.2, 0.25) is 0 Å². The summed E-state index contributed by atoms with van der Waals surface area (Å²) >= 11 is 0. The minimum atomic E-state index is -0.681. The van der Waals surface area contributed by atoms with Crippen molar-refractivity contribution in [2.24, 2.45) is 0 Å². The number of carboxylic acid groups (broad SMARTS) is 1. The third kappa shape index (κ3) is 34.9. The Bertz CT molecular complexity index is 600. The van der Waals surface area contributed by atoms with Gasteiger partial charge in [-0.05, 0) is 58.3 Å². The van der Waals surface area contributed by atoms with Crippen molar-refractivity contribution in [3.05, 3.63) is 12.2 Å². The van der Waals surface area contributed by atoms with Crippen LogP contribution in [-0.4, -0.2) is 23.1 Å². The Labute approximate surface area is 262 Å². The van der Waals surface area contributed by atoms with E-state index in [1.54, 1.807) is 0 Å². The molecule has 4 nitrogen and oxygen atoms in total. The van der Waals surface area contributed by atoms with Crippen LogP contribution < -0.4 is 0 Å². The number of hydrogen-bond acceptors (Lipinski definition) is 3. The number of rotatable bonds is 34. The molecule has 0 saturated heterocycles. The lowest BCUT2D eigenvalue weighted by atomic mass is 10.0. The number of carbonyl (C=O) groups is 2. The largest absolute Gasteiger partial charge is 0.481 e. The van der Waals surface area contributed by atoms with E-state index in [0.717, 1.165) is 44.9 Å². The van der Waals surface area contributed by atoms with Crippen molar-refractivity contribution >= 4 is 11.9 Å². The van der Waals surface area contributed by atoms with Crippen molar-refractivity contribution in [3.63, 3.8) is 0 Å². The van der Waals surface area contributed by atoms with E-state index >= 15 is 0 Å². The summed E-state index contributed by atoms with van der Waals surface area (Å²) < 4.78 is 5.61. The fourth-order valence-corrected chi connectivity index (χ4v) is 5.69. The molecule has 1 unspecified atom stereocenters. The summed E-state index contributed by atoms with van der Waals surface area (Å²) in [5, 5.41) is 8.64. The van der Waals surface area contributed by atoms with Crippen LogP contribution in [0.15, 0.2) is 12.2 Å². The number of esters is 1. The molecule has 0 fully saturated rings. The molecule has 0 rings (SSSR count). The van der Waals surface area contributed by atoms with Crippen LogP contribution in [0.4, 0.5) is 0 Å². The molecule has 0 spiro atoms. The number of carboxylic acids is 1. The van der Waals surface area contributed by atoms with Crippen molar-refractivity contribution in [1.29, 1.82) is 0 Å². The zero-order chi connectivity index (χ0) is 30.8. The van der Waals surface area contributed by atoms with Gasteiger partial charge in [0.15, 0.2) is 0 Å². The van der Waals surface area contributed by atoms with Gasteiger partial charge < -0.3 is 9.84 Å².